The second kappa shape index (κ2) is 7.88. The number of rotatable bonds is 4. The highest BCUT2D eigenvalue weighted by molar-refractivity contribution is 6.02. The Labute approximate surface area is 187 Å². The van der Waals surface area contributed by atoms with E-state index in [1.807, 2.05) is 6.07 Å². The Morgan fingerprint density at radius 2 is 1.91 bits per heavy atom. The fraction of sp³-hybridized carbons (Fsp3) is 0.240. The molecule has 0 spiro atoms. The zero-order valence-corrected chi connectivity index (χ0v) is 17.8. The highest BCUT2D eigenvalue weighted by Gasteiger charge is 2.34. The molecule has 1 amide bonds. The molecule has 3 heterocycles. The number of aryl methyl sites for hydroxylation is 1. The van der Waals surface area contributed by atoms with Crippen molar-refractivity contribution in [3.63, 3.8) is 0 Å². The number of nitrogens with zero attached hydrogens (tertiary/aromatic N) is 1. The summed E-state index contributed by atoms with van der Waals surface area (Å²) in [5.41, 5.74) is 2.53. The van der Waals surface area contributed by atoms with Crippen LogP contribution in [-0.4, -0.2) is 34.5 Å². The molecule has 1 aliphatic rings. The van der Waals surface area contributed by atoms with Crippen LogP contribution >= 0.6 is 0 Å². The lowest BCUT2D eigenvalue weighted by molar-refractivity contribution is -0.148. The topological polar surface area (TPSA) is 101 Å². The standard InChI is InChI=1S/C25H20FNO6/c1-13-16-9-18-19(14-4-6-15(26)7-5-14)12-32-21(18)11-22(16)33-25(31)17(13)10-23(28)27-8-2-3-20(27)24(29)30/h4-7,9,11-12,20H,2-3,8,10H2,1H3,(H,29,30)/t20-/m1/s1. The van der Waals surface area contributed by atoms with E-state index in [9.17, 15) is 23.9 Å². The normalized spacial score (nSPS) is 16.1. The molecule has 2 aromatic heterocycles. The van der Waals surface area contributed by atoms with E-state index in [4.69, 9.17) is 8.83 Å². The second-order valence-electron chi connectivity index (χ2n) is 8.25. The summed E-state index contributed by atoms with van der Waals surface area (Å²) in [5, 5.41) is 10.8. The van der Waals surface area contributed by atoms with E-state index in [0.29, 0.717) is 41.5 Å². The van der Waals surface area contributed by atoms with E-state index in [-0.39, 0.29) is 17.8 Å². The molecule has 5 rings (SSSR count). The van der Waals surface area contributed by atoms with E-state index in [2.05, 4.69) is 0 Å². The smallest absolute Gasteiger partial charge is 0.340 e. The van der Waals surface area contributed by atoms with E-state index < -0.39 is 23.5 Å². The summed E-state index contributed by atoms with van der Waals surface area (Å²) in [5.74, 6) is -1.79. The van der Waals surface area contributed by atoms with Gasteiger partial charge in [0, 0.05) is 28.9 Å². The van der Waals surface area contributed by atoms with E-state index in [1.54, 1.807) is 31.4 Å². The Hall–Kier alpha value is -3.94. The molecule has 4 aromatic rings. The Balaban J connectivity index is 1.58. The monoisotopic (exact) mass is 449 g/mol. The number of hydrogen-bond acceptors (Lipinski definition) is 5. The first-order chi connectivity index (χ1) is 15.8. The van der Waals surface area contributed by atoms with Gasteiger partial charge in [-0.05, 0) is 49.1 Å². The number of carbonyl (C=O) groups excluding carboxylic acids is 1. The summed E-state index contributed by atoms with van der Waals surface area (Å²) in [6.07, 6.45) is 2.34. The highest BCUT2D eigenvalue weighted by Crippen LogP contribution is 2.34. The van der Waals surface area contributed by atoms with Crippen molar-refractivity contribution in [3.05, 3.63) is 70.0 Å². The molecule has 7 nitrogen and oxygen atoms in total. The molecule has 2 aromatic carbocycles. The quantitative estimate of drug-likeness (QED) is 0.467. The number of benzene rings is 2. The Morgan fingerprint density at radius 1 is 1.15 bits per heavy atom. The third-order valence-corrected chi connectivity index (χ3v) is 6.32. The van der Waals surface area contributed by atoms with E-state index in [1.165, 1.54) is 17.0 Å². The molecule has 0 radical (unpaired) electrons. The summed E-state index contributed by atoms with van der Waals surface area (Å²) < 4.78 is 24.5. The molecule has 0 saturated carbocycles. The minimum absolute atomic E-state index is 0.203. The van der Waals surface area contributed by atoms with Crippen LogP contribution in [0, 0.1) is 12.7 Å². The molecular weight excluding hydrogens is 429 g/mol. The molecule has 1 N–H and O–H groups in total. The van der Waals surface area contributed by atoms with Crippen LogP contribution in [0.3, 0.4) is 0 Å². The van der Waals surface area contributed by atoms with Crippen molar-refractivity contribution >= 4 is 33.8 Å². The van der Waals surface area contributed by atoms with Crippen LogP contribution in [0.2, 0.25) is 0 Å². The van der Waals surface area contributed by atoms with Crippen LogP contribution in [-0.2, 0) is 16.0 Å². The van der Waals surface area contributed by atoms with Crippen molar-refractivity contribution in [2.75, 3.05) is 6.54 Å². The maximum absolute atomic E-state index is 13.3. The predicted molar refractivity (Wildman–Crippen MR) is 118 cm³/mol. The first kappa shape index (κ1) is 20.9. The lowest BCUT2D eigenvalue weighted by atomic mass is 9.99. The first-order valence-electron chi connectivity index (χ1n) is 10.6. The van der Waals surface area contributed by atoms with Gasteiger partial charge in [-0.2, -0.15) is 0 Å². The van der Waals surface area contributed by atoms with Gasteiger partial charge < -0.3 is 18.8 Å². The maximum atomic E-state index is 13.3. The summed E-state index contributed by atoms with van der Waals surface area (Å²) in [7, 11) is 0. The van der Waals surface area contributed by atoms with Gasteiger partial charge in [-0.1, -0.05) is 12.1 Å². The molecule has 1 fully saturated rings. The van der Waals surface area contributed by atoms with Crippen molar-refractivity contribution in [3.8, 4) is 11.1 Å². The van der Waals surface area contributed by atoms with Crippen molar-refractivity contribution in [1.29, 1.82) is 0 Å². The SMILES string of the molecule is Cc1c(CC(=O)N2CCC[C@@H]2C(=O)O)c(=O)oc2cc3occ(-c4ccc(F)cc4)c3cc12. The van der Waals surface area contributed by atoms with Gasteiger partial charge in [-0.15, -0.1) is 0 Å². The molecule has 1 aliphatic heterocycles. The number of carboxylic acid groups (broad SMARTS) is 1. The molecule has 1 saturated heterocycles. The Kier molecular flexibility index (Phi) is 5.00. The van der Waals surface area contributed by atoms with Gasteiger partial charge >= 0.3 is 11.6 Å². The fourth-order valence-corrected chi connectivity index (χ4v) is 4.54. The zero-order valence-electron chi connectivity index (χ0n) is 17.8. The van der Waals surface area contributed by atoms with Crippen LogP contribution < -0.4 is 5.63 Å². The predicted octanol–water partition coefficient (Wildman–Crippen LogP) is 4.27. The van der Waals surface area contributed by atoms with E-state index >= 15 is 0 Å². The van der Waals surface area contributed by atoms with Crippen molar-refractivity contribution in [2.45, 2.75) is 32.2 Å². The number of furan rings is 1. The summed E-state index contributed by atoms with van der Waals surface area (Å²) in [6, 6.07) is 8.63. The average Bonchev–Trinajstić information content (AvgIpc) is 3.43. The number of carbonyl (C=O) groups is 2. The third-order valence-electron chi connectivity index (χ3n) is 6.32. The number of likely N-dealkylation sites (tertiary alicyclic amines) is 1. The number of aliphatic carboxylic acids is 1. The van der Waals surface area contributed by atoms with Gasteiger partial charge in [0.25, 0.3) is 0 Å². The summed E-state index contributed by atoms with van der Waals surface area (Å²) >= 11 is 0. The van der Waals surface area contributed by atoms with Crippen molar-refractivity contribution in [2.24, 2.45) is 0 Å². The minimum Gasteiger partial charge on any atom is -0.480 e. The molecule has 1 atom stereocenters. The van der Waals surface area contributed by atoms with Crippen LogP contribution in [0.15, 0.2) is 56.3 Å². The molecule has 0 bridgehead atoms. The average molecular weight is 449 g/mol. The Bertz CT molecular complexity index is 1470. The molecule has 168 valence electrons. The van der Waals surface area contributed by atoms with Gasteiger partial charge in [-0.25, -0.2) is 14.0 Å². The highest BCUT2D eigenvalue weighted by atomic mass is 19.1. The van der Waals surface area contributed by atoms with Crippen LogP contribution in [0.25, 0.3) is 33.1 Å². The van der Waals surface area contributed by atoms with Crippen LogP contribution in [0.5, 0.6) is 0 Å². The maximum Gasteiger partial charge on any atom is 0.340 e. The summed E-state index contributed by atoms with van der Waals surface area (Å²) in [6.45, 7) is 2.09. The summed E-state index contributed by atoms with van der Waals surface area (Å²) in [4.78, 5) is 38.3. The molecule has 0 aliphatic carbocycles. The number of fused-ring (bicyclic) bond motifs is 2. The fourth-order valence-electron chi connectivity index (χ4n) is 4.54. The lowest BCUT2D eigenvalue weighted by Crippen LogP contribution is -2.41. The molecular formula is C25H20FNO6. The molecule has 33 heavy (non-hydrogen) atoms. The first-order valence-corrected chi connectivity index (χ1v) is 10.6. The number of hydrogen-bond donors (Lipinski definition) is 1. The minimum atomic E-state index is -1.04. The van der Waals surface area contributed by atoms with Crippen molar-refractivity contribution in [1.82, 2.24) is 4.90 Å². The number of carboxylic acids is 1. The second-order valence-corrected chi connectivity index (χ2v) is 8.25. The van der Waals surface area contributed by atoms with Gasteiger partial charge in [0.05, 0.1) is 18.2 Å². The van der Waals surface area contributed by atoms with Crippen LogP contribution in [0.1, 0.15) is 24.0 Å². The number of halogens is 1. The molecule has 0 unspecified atom stereocenters. The number of amides is 1. The van der Waals surface area contributed by atoms with Gasteiger partial charge in [0.1, 0.15) is 23.0 Å². The Morgan fingerprint density at radius 3 is 2.64 bits per heavy atom. The zero-order chi connectivity index (χ0) is 23.3. The van der Waals surface area contributed by atoms with Gasteiger partial charge in [0.15, 0.2) is 0 Å². The van der Waals surface area contributed by atoms with Gasteiger partial charge in [0.2, 0.25) is 5.91 Å². The molecule has 8 heteroatoms. The largest absolute Gasteiger partial charge is 0.480 e. The van der Waals surface area contributed by atoms with E-state index in [0.717, 1.165) is 16.5 Å². The van der Waals surface area contributed by atoms with Crippen LogP contribution in [0.4, 0.5) is 4.39 Å². The third kappa shape index (κ3) is 3.57. The van der Waals surface area contributed by atoms with Gasteiger partial charge in [-0.3, -0.25) is 4.79 Å². The van der Waals surface area contributed by atoms with Crippen molar-refractivity contribution < 1.29 is 27.9 Å². The lowest BCUT2D eigenvalue weighted by Gasteiger charge is -2.21.